The number of amides is 1. The molecule has 0 aliphatic carbocycles. The van der Waals surface area contributed by atoms with Crippen LogP contribution >= 0.6 is 0 Å². The molecule has 3 heteroatoms. The lowest BCUT2D eigenvalue weighted by Crippen LogP contribution is -2.27. The van der Waals surface area contributed by atoms with E-state index < -0.39 is 0 Å². The van der Waals surface area contributed by atoms with Gasteiger partial charge >= 0.3 is 0 Å². The molecule has 0 aromatic heterocycles. The van der Waals surface area contributed by atoms with Crippen LogP contribution in [-0.4, -0.2) is 18.6 Å². The lowest BCUT2D eigenvalue weighted by molar-refractivity contribution is -0.124. The molecule has 98 valence electrons. The zero-order chi connectivity index (χ0) is 13.1. The minimum absolute atomic E-state index is 0.0171. The SMILES string of the molecule is Cc1ccc(C(C)C)cc1NC(=O)C1CCCO1. The Morgan fingerprint density at radius 2 is 2.22 bits per heavy atom. The van der Waals surface area contributed by atoms with Gasteiger partial charge in [0.25, 0.3) is 5.91 Å². The maximum absolute atomic E-state index is 12.0. The minimum atomic E-state index is -0.271. The van der Waals surface area contributed by atoms with Crippen LogP contribution in [0.3, 0.4) is 0 Å². The predicted octanol–water partition coefficient (Wildman–Crippen LogP) is 3.24. The van der Waals surface area contributed by atoms with Crippen molar-refractivity contribution in [1.82, 2.24) is 0 Å². The summed E-state index contributed by atoms with van der Waals surface area (Å²) in [4.78, 5) is 12.0. The summed E-state index contributed by atoms with van der Waals surface area (Å²) in [6, 6.07) is 6.23. The van der Waals surface area contributed by atoms with E-state index in [1.54, 1.807) is 0 Å². The zero-order valence-electron chi connectivity index (χ0n) is 11.3. The van der Waals surface area contributed by atoms with E-state index in [2.05, 4.69) is 37.4 Å². The van der Waals surface area contributed by atoms with Crippen molar-refractivity contribution in [3.63, 3.8) is 0 Å². The molecule has 18 heavy (non-hydrogen) atoms. The van der Waals surface area contributed by atoms with Crippen LogP contribution in [-0.2, 0) is 9.53 Å². The van der Waals surface area contributed by atoms with Gasteiger partial charge in [0.2, 0.25) is 0 Å². The van der Waals surface area contributed by atoms with Crippen molar-refractivity contribution >= 4 is 11.6 Å². The third-order valence-electron chi connectivity index (χ3n) is 3.41. The molecule has 1 aromatic rings. The maximum Gasteiger partial charge on any atom is 0.253 e. The number of carbonyl (C=O) groups is 1. The molecule has 1 saturated heterocycles. The van der Waals surface area contributed by atoms with E-state index in [1.165, 1.54) is 5.56 Å². The Hall–Kier alpha value is -1.35. The van der Waals surface area contributed by atoms with Crippen LogP contribution in [0.2, 0.25) is 0 Å². The van der Waals surface area contributed by atoms with E-state index in [1.807, 2.05) is 6.92 Å². The maximum atomic E-state index is 12.0. The predicted molar refractivity (Wildman–Crippen MR) is 72.9 cm³/mol. The van der Waals surface area contributed by atoms with Gasteiger partial charge in [-0.2, -0.15) is 0 Å². The van der Waals surface area contributed by atoms with Crippen LogP contribution < -0.4 is 5.32 Å². The van der Waals surface area contributed by atoms with Crippen LogP contribution in [0.25, 0.3) is 0 Å². The van der Waals surface area contributed by atoms with Crippen molar-refractivity contribution in [2.75, 3.05) is 11.9 Å². The van der Waals surface area contributed by atoms with E-state index in [-0.39, 0.29) is 12.0 Å². The fourth-order valence-electron chi connectivity index (χ4n) is 2.13. The van der Waals surface area contributed by atoms with Crippen molar-refractivity contribution in [2.45, 2.75) is 45.6 Å². The summed E-state index contributed by atoms with van der Waals surface area (Å²) < 4.78 is 5.39. The van der Waals surface area contributed by atoms with Gasteiger partial charge in [-0.25, -0.2) is 0 Å². The first-order valence-electron chi connectivity index (χ1n) is 6.61. The number of hydrogen-bond acceptors (Lipinski definition) is 2. The molecule has 1 aliphatic heterocycles. The molecule has 1 unspecified atom stereocenters. The second-order valence-electron chi connectivity index (χ2n) is 5.22. The smallest absolute Gasteiger partial charge is 0.253 e. The molecule has 1 aromatic carbocycles. The van der Waals surface area contributed by atoms with E-state index >= 15 is 0 Å². The Labute approximate surface area is 109 Å². The molecule has 2 rings (SSSR count). The highest BCUT2D eigenvalue weighted by Gasteiger charge is 2.23. The number of anilines is 1. The summed E-state index contributed by atoms with van der Waals surface area (Å²) in [5.41, 5.74) is 3.23. The average molecular weight is 247 g/mol. The number of hydrogen-bond donors (Lipinski definition) is 1. The molecule has 1 atom stereocenters. The topological polar surface area (TPSA) is 38.3 Å². The van der Waals surface area contributed by atoms with Gasteiger partial charge in [-0.1, -0.05) is 26.0 Å². The largest absolute Gasteiger partial charge is 0.368 e. The summed E-state index contributed by atoms with van der Waals surface area (Å²) in [6.45, 7) is 7.00. The molecule has 1 fully saturated rings. The average Bonchev–Trinajstić information content (AvgIpc) is 2.85. The quantitative estimate of drug-likeness (QED) is 0.890. The summed E-state index contributed by atoms with van der Waals surface area (Å²) in [7, 11) is 0. The standard InChI is InChI=1S/C15H21NO2/c1-10(2)12-7-6-11(3)13(9-12)16-15(17)14-5-4-8-18-14/h6-7,9-10,14H,4-5,8H2,1-3H3,(H,16,17). The van der Waals surface area contributed by atoms with E-state index in [0.29, 0.717) is 12.5 Å². The van der Waals surface area contributed by atoms with Gasteiger partial charge in [-0.15, -0.1) is 0 Å². The molecule has 1 N–H and O–H groups in total. The Morgan fingerprint density at radius 3 is 2.83 bits per heavy atom. The van der Waals surface area contributed by atoms with Crippen LogP contribution in [0.1, 0.15) is 43.7 Å². The van der Waals surface area contributed by atoms with Gasteiger partial charge in [0.15, 0.2) is 0 Å². The Balaban J connectivity index is 2.12. The van der Waals surface area contributed by atoms with Gasteiger partial charge < -0.3 is 10.1 Å². The first kappa shape index (κ1) is 13.1. The Morgan fingerprint density at radius 1 is 1.44 bits per heavy atom. The lowest BCUT2D eigenvalue weighted by Gasteiger charge is -2.14. The van der Waals surface area contributed by atoms with Crippen molar-refractivity contribution in [2.24, 2.45) is 0 Å². The first-order chi connectivity index (χ1) is 8.58. The van der Waals surface area contributed by atoms with Gasteiger partial charge in [0, 0.05) is 12.3 Å². The second kappa shape index (κ2) is 5.53. The third-order valence-corrected chi connectivity index (χ3v) is 3.41. The fourth-order valence-corrected chi connectivity index (χ4v) is 2.13. The molecular formula is C15H21NO2. The second-order valence-corrected chi connectivity index (χ2v) is 5.22. The van der Waals surface area contributed by atoms with Crippen LogP contribution in [0.5, 0.6) is 0 Å². The lowest BCUT2D eigenvalue weighted by atomic mass is 10.0. The fraction of sp³-hybridized carbons (Fsp3) is 0.533. The molecule has 1 amide bonds. The monoisotopic (exact) mass is 247 g/mol. The van der Waals surface area contributed by atoms with Crippen LogP contribution in [0.4, 0.5) is 5.69 Å². The molecular weight excluding hydrogens is 226 g/mol. The van der Waals surface area contributed by atoms with Crippen molar-refractivity contribution in [3.8, 4) is 0 Å². The zero-order valence-corrected chi connectivity index (χ0v) is 11.3. The number of rotatable bonds is 3. The number of carbonyl (C=O) groups excluding carboxylic acids is 1. The summed E-state index contributed by atoms with van der Waals surface area (Å²) in [5, 5.41) is 2.98. The van der Waals surface area contributed by atoms with Crippen molar-refractivity contribution < 1.29 is 9.53 Å². The van der Waals surface area contributed by atoms with Crippen molar-refractivity contribution in [1.29, 1.82) is 0 Å². The van der Waals surface area contributed by atoms with Gasteiger partial charge in [0.1, 0.15) is 6.10 Å². The van der Waals surface area contributed by atoms with Gasteiger partial charge in [0.05, 0.1) is 0 Å². The molecule has 0 radical (unpaired) electrons. The summed E-state index contributed by atoms with van der Waals surface area (Å²) in [5.74, 6) is 0.445. The highest BCUT2D eigenvalue weighted by Crippen LogP contribution is 2.23. The van der Waals surface area contributed by atoms with E-state index in [0.717, 1.165) is 24.1 Å². The Kier molecular flexibility index (Phi) is 4.02. The number of ether oxygens (including phenoxy) is 1. The van der Waals surface area contributed by atoms with E-state index in [4.69, 9.17) is 4.74 Å². The van der Waals surface area contributed by atoms with Crippen molar-refractivity contribution in [3.05, 3.63) is 29.3 Å². The molecule has 1 aliphatic rings. The highest BCUT2D eigenvalue weighted by atomic mass is 16.5. The van der Waals surface area contributed by atoms with Crippen LogP contribution in [0, 0.1) is 6.92 Å². The first-order valence-corrected chi connectivity index (χ1v) is 6.61. The highest BCUT2D eigenvalue weighted by molar-refractivity contribution is 5.95. The molecule has 0 spiro atoms. The van der Waals surface area contributed by atoms with Gasteiger partial charge in [-0.05, 0) is 42.9 Å². The number of aryl methyl sites for hydroxylation is 1. The Bertz CT molecular complexity index is 434. The summed E-state index contributed by atoms with van der Waals surface area (Å²) in [6.07, 6.45) is 1.53. The molecule has 3 nitrogen and oxygen atoms in total. The molecule has 0 bridgehead atoms. The van der Waals surface area contributed by atoms with Gasteiger partial charge in [-0.3, -0.25) is 4.79 Å². The molecule has 0 saturated carbocycles. The normalized spacial score (nSPS) is 19.2. The molecule has 1 heterocycles. The summed E-state index contributed by atoms with van der Waals surface area (Å²) >= 11 is 0. The minimum Gasteiger partial charge on any atom is -0.368 e. The van der Waals surface area contributed by atoms with Crippen LogP contribution in [0.15, 0.2) is 18.2 Å². The third kappa shape index (κ3) is 2.91. The van der Waals surface area contributed by atoms with E-state index in [9.17, 15) is 4.79 Å². The number of nitrogens with one attached hydrogen (secondary N) is 1. The number of benzene rings is 1.